The summed E-state index contributed by atoms with van der Waals surface area (Å²) in [5, 5.41) is 16.2. The van der Waals surface area contributed by atoms with Gasteiger partial charge in [0.05, 0.1) is 25.4 Å². The minimum atomic E-state index is -0.802. The minimum Gasteiger partial charge on any atom is -0.497 e. The number of halogens is 1. The number of rotatable bonds is 6. The highest BCUT2D eigenvalue weighted by atomic mass is 19.1. The van der Waals surface area contributed by atoms with Crippen LogP contribution in [0, 0.1) is 5.82 Å². The molecule has 1 atom stereocenters. The van der Waals surface area contributed by atoms with Crippen molar-refractivity contribution in [2.24, 2.45) is 0 Å². The van der Waals surface area contributed by atoms with Crippen LogP contribution in [0.3, 0.4) is 0 Å². The van der Waals surface area contributed by atoms with Gasteiger partial charge in [-0.3, -0.25) is 9.59 Å². The number of nitrogens with zero attached hydrogens (tertiary/aromatic N) is 2. The molecule has 0 aliphatic heterocycles. The Kier molecular flexibility index (Phi) is 5.81. The molecule has 0 fully saturated rings. The Morgan fingerprint density at radius 1 is 1.18 bits per heavy atom. The summed E-state index contributed by atoms with van der Waals surface area (Å²) in [5.41, 5.74) is 0.257. The first-order valence-electron chi connectivity index (χ1n) is 8.43. The Bertz CT molecular complexity index is 1020. The number of carbonyl (C=O) groups is 1. The van der Waals surface area contributed by atoms with Gasteiger partial charge in [-0.15, -0.1) is 0 Å². The number of methoxy groups -OCH3 is 1. The Hall–Kier alpha value is -3.52. The van der Waals surface area contributed by atoms with Gasteiger partial charge in [0.2, 0.25) is 5.43 Å². The Morgan fingerprint density at radius 2 is 1.86 bits per heavy atom. The first kappa shape index (κ1) is 19.2. The van der Waals surface area contributed by atoms with Gasteiger partial charge in [0.15, 0.2) is 5.69 Å². The SMILES string of the molecule is COc1ccc(-n2ccc(=O)c(C(=O)NC(CO)c3ccc(F)cc3)n2)cc1. The number of aliphatic hydroxyl groups excluding tert-OH is 1. The molecule has 0 radical (unpaired) electrons. The maximum atomic E-state index is 13.1. The van der Waals surface area contributed by atoms with Gasteiger partial charge in [-0.1, -0.05) is 12.1 Å². The average molecular weight is 383 g/mol. The molecular weight excluding hydrogens is 365 g/mol. The molecule has 0 bridgehead atoms. The second-order valence-electron chi connectivity index (χ2n) is 5.93. The van der Waals surface area contributed by atoms with E-state index in [1.165, 1.54) is 41.2 Å². The number of carbonyl (C=O) groups excluding carboxylic acids is 1. The lowest BCUT2D eigenvalue weighted by Gasteiger charge is -2.16. The monoisotopic (exact) mass is 383 g/mol. The number of aliphatic hydroxyl groups is 1. The summed E-state index contributed by atoms with van der Waals surface area (Å²) >= 11 is 0. The Balaban J connectivity index is 1.86. The molecule has 0 aliphatic carbocycles. The van der Waals surface area contributed by atoms with Gasteiger partial charge in [-0.2, -0.15) is 5.10 Å². The summed E-state index contributed by atoms with van der Waals surface area (Å²) in [7, 11) is 1.55. The molecular formula is C20H18FN3O4. The van der Waals surface area contributed by atoms with Crippen LogP contribution in [0.25, 0.3) is 5.69 Å². The van der Waals surface area contributed by atoms with E-state index < -0.39 is 29.8 Å². The summed E-state index contributed by atoms with van der Waals surface area (Å²) in [6, 6.07) is 12.7. The quantitative estimate of drug-likeness (QED) is 0.678. The largest absolute Gasteiger partial charge is 0.497 e. The van der Waals surface area contributed by atoms with E-state index in [-0.39, 0.29) is 5.69 Å². The second-order valence-corrected chi connectivity index (χ2v) is 5.93. The highest BCUT2D eigenvalue weighted by molar-refractivity contribution is 5.92. The van der Waals surface area contributed by atoms with Gasteiger partial charge < -0.3 is 15.2 Å². The highest BCUT2D eigenvalue weighted by Gasteiger charge is 2.19. The number of hydrogen-bond acceptors (Lipinski definition) is 5. The molecule has 1 heterocycles. The fourth-order valence-corrected chi connectivity index (χ4v) is 2.60. The van der Waals surface area contributed by atoms with E-state index >= 15 is 0 Å². The van der Waals surface area contributed by atoms with Crippen molar-refractivity contribution in [2.45, 2.75) is 6.04 Å². The third kappa shape index (κ3) is 4.24. The molecule has 0 aliphatic rings. The van der Waals surface area contributed by atoms with E-state index in [4.69, 9.17) is 4.74 Å². The zero-order valence-electron chi connectivity index (χ0n) is 15.0. The molecule has 2 N–H and O–H groups in total. The fraction of sp³-hybridized carbons (Fsp3) is 0.150. The summed E-state index contributed by atoms with van der Waals surface area (Å²) < 4.78 is 19.6. The lowest BCUT2D eigenvalue weighted by Crippen LogP contribution is -2.35. The molecule has 7 nitrogen and oxygen atoms in total. The van der Waals surface area contributed by atoms with Gasteiger partial charge >= 0.3 is 0 Å². The normalized spacial score (nSPS) is 11.7. The average Bonchev–Trinajstić information content (AvgIpc) is 2.73. The van der Waals surface area contributed by atoms with Crippen molar-refractivity contribution < 1.29 is 19.0 Å². The number of hydrogen-bond donors (Lipinski definition) is 2. The minimum absolute atomic E-state index is 0.320. The van der Waals surface area contributed by atoms with Crippen molar-refractivity contribution in [1.29, 1.82) is 0 Å². The first-order chi connectivity index (χ1) is 13.5. The van der Waals surface area contributed by atoms with Crippen LogP contribution >= 0.6 is 0 Å². The molecule has 2 aromatic carbocycles. The number of aromatic nitrogens is 2. The Morgan fingerprint density at radius 3 is 2.46 bits per heavy atom. The van der Waals surface area contributed by atoms with Gasteiger partial charge in [-0.25, -0.2) is 9.07 Å². The van der Waals surface area contributed by atoms with Crippen LogP contribution in [0.5, 0.6) is 5.75 Å². The molecule has 3 aromatic rings. The van der Waals surface area contributed by atoms with Gasteiger partial charge in [0.1, 0.15) is 11.6 Å². The first-order valence-corrected chi connectivity index (χ1v) is 8.43. The van der Waals surface area contributed by atoms with Crippen LogP contribution in [-0.2, 0) is 0 Å². The third-order valence-electron chi connectivity index (χ3n) is 4.12. The predicted octanol–water partition coefficient (Wildman–Crippen LogP) is 1.84. The van der Waals surface area contributed by atoms with Crippen molar-refractivity contribution in [1.82, 2.24) is 15.1 Å². The molecule has 1 amide bonds. The van der Waals surface area contributed by atoms with E-state index in [0.29, 0.717) is 17.0 Å². The van der Waals surface area contributed by atoms with E-state index in [2.05, 4.69) is 10.4 Å². The summed E-state index contributed by atoms with van der Waals surface area (Å²) in [4.78, 5) is 24.7. The van der Waals surface area contributed by atoms with Crippen LogP contribution in [0.2, 0.25) is 0 Å². The van der Waals surface area contributed by atoms with Gasteiger partial charge in [-0.05, 0) is 42.0 Å². The molecule has 0 saturated heterocycles. The summed E-state index contributed by atoms with van der Waals surface area (Å²) in [5.74, 6) is -0.511. The van der Waals surface area contributed by atoms with Crippen LogP contribution in [0.4, 0.5) is 4.39 Å². The molecule has 0 spiro atoms. The molecule has 1 unspecified atom stereocenters. The number of benzene rings is 2. The predicted molar refractivity (Wildman–Crippen MR) is 100 cm³/mol. The van der Waals surface area contributed by atoms with Gasteiger partial charge in [0, 0.05) is 12.3 Å². The summed E-state index contributed by atoms with van der Waals surface area (Å²) in [6.07, 6.45) is 1.45. The maximum Gasteiger partial charge on any atom is 0.276 e. The molecule has 3 rings (SSSR count). The summed E-state index contributed by atoms with van der Waals surface area (Å²) in [6.45, 7) is -0.420. The van der Waals surface area contributed by atoms with Crippen molar-refractivity contribution in [3.63, 3.8) is 0 Å². The fourth-order valence-electron chi connectivity index (χ4n) is 2.60. The van der Waals surface area contributed by atoms with E-state index in [1.54, 1.807) is 31.4 Å². The van der Waals surface area contributed by atoms with E-state index in [0.717, 1.165) is 0 Å². The molecule has 0 saturated carbocycles. The van der Waals surface area contributed by atoms with Crippen LogP contribution in [0.1, 0.15) is 22.1 Å². The standard InChI is InChI=1S/C20H18FN3O4/c1-28-16-8-6-15(7-9-16)24-11-10-18(26)19(23-24)20(27)22-17(12-25)13-2-4-14(21)5-3-13/h2-11,17,25H,12H2,1H3,(H,22,27). The van der Waals surface area contributed by atoms with Crippen LogP contribution in [0.15, 0.2) is 65.6 Å². The molecule has 28 heavy (non-hydrogen) atoms. The number of amides is 1. The zero-order valence-corrected chi connectivity index (χ0v) is 15.0. The molecule has 144 valence electrons. The van der Waals surface area contributed by atoms with Crippen LogP contribution in [-0.4, -0.2) is 34.5 Å². The highest BCUT2D eigenvalue weighted by Crippen LogP contribution is 2.15. The van der Waals surface area contributed by atoms with E-state index in [9.17, 15) is 19.1 Å². The zero-order chi connectivity index (χ0) is 20.1. The lowest BCUT2D eigenvalue weighted by molar-refractivity contribution is 0.0908. The topological polar surface area (TPSA) is 93.5 Å². The lowest BCUT2D eigenvalue weighted by atomic mass is 10.1. The van der Waals surface area contributed by atoms with Crippen LogP contribution < -0.4 is 15.5 Å². The maximum absolute atomic E-state index is 13.1. The smallest absolute Gasteiger partial charge is 0.276 e. The third-order valence-corrected chi connectivity index (χ3v) is 4.12. The second kappa shape index (κ2) is 8.45. The molecule has 8 heteroatoms. The van der Waals surface area contributed by atoms with E-state index in [1.807, 2.05) is 0 Å². The van der Waals surface area contributed by atoms with Gasteiger partial charge in [0.25, 0.3) is 5.91 Å². The molecule has 1 aromatic heterocycles. The van der Waals surface area contributed by atoms with Crippen molar-refractivity contribution in [3.05, 3.63) is 88.1 Å². The number of nitrogens with one attached hydrogen (secondary N) is 1. The van der Waals surface area contributed by atoms with Crippen molar-refractivity contribution >= 4 is 5.91 Å². The van der Waals surface area contributed by atoms with Crippen molar-refractivity contribution in [3.8, 4) is 11.4 Å². The number of ether oxygens (including phenoxy) is 1. The van der Waals surface area contributed by atoms with Crippen molar-refractivity contribution in [2.75, 3.05) is 13.7 Å². The Labute approximate surface area is 160 Å².